The fourth-order valence-electron chi connectivity index (χ4n) is 2.89. The van der Waals surface area contributed by atoms with Gasteiger partial charge >= 0.3 is 0 Å². The van der Waals surface area contributed by atoms with Gasteiger partial charge in [-0.25, -0.2) is 4.98 Å². The van der Waals surface area contributed by atoms with E-state index in [9.17, 15) is 9.59 Å². The van der Waals surface area contributed by atoms with E-state index in [0.717, 1.165) is 16.0 Å². The van der Waals surface area contributed by atoms with Gasteiger partial charge < -0.3 is 5.32 Å². The first kappa shape index (κ1) is 17.4. The van der Waals surface area contributed by atoms with Crippen LogP contribution in [0, 0.1) is 13.8 Å². The van der Waals surface area contributed by atoms with Crippen molar-refractivity contribution < 1.29 is 4.79 Å². The van der Waals surface area contributed by atoms with Crippen LogP contribution in [0.15, 0.2) is 40.8 Å². The lowest BCUT2D eigenvalue weighted by Gasteiger charge is -2.17. The topological polar surface area (TPSA) is 64.0 Å². The Morgan fingerprint density at radius 1 is 1.32 bits per heavy atom. The number of aromatic nitrogens is 2. The van der Waals surface area contributed by atoms with Crippen LogP contribution in [-0.4, -0.2) is 15.5 Å². The Balaban J connectivity index is 1.65. The Labute approximate surface area is 150 Å². The highest BCUT2D eigenvalue weighted by Gasteiger charge is 2.13. The zero-order chi connectivity index (χ0) is 18.0. The van der Waals surface area contributed by atoms with Crippen molar-refractivity contribution in [2.75, 3.05) is 0 Å². The SMILES string of the molecule is Cc1ccc(C)c([C@@H](C)NC(=O)CCn2cnc3sccc3c2=O)c1. The quantitative estimate of drug-likeness (QED) is 0.763. The molecule has 130 valence electrons. The molecule has 0 radical (unpaired) electrons. The van der Waals surface area contributed by atoms with Crippen LogP contribution in [-0.2, 0) is 11.3 Å². The van der Waals surface area contributed by atoms with Crippen molar-refractivity contribution in [1.82, 2.24) is 14.9 Å². The number of fused-ring (bicyclic) bond motifs is 1. The molecule has 6 heteroatoms. The van der Waals surface area contributed by atoms with Crippen LogP contribution < -0.4 is 10.9 Å². The molecule has 0 aliphatic heterocycles. The number of benzene rings is 1. The smallest absolute Gasteiger partial charge is 0.262 e. The maximum absolute atomic E-state index is 12.3. The fourth-order valence-corrected chi connectivity index (χ4v) is 3.62. The summed E-state index contributed by atoms with van der Waals surface area (Å²) >= 11 is 1.44. The number of thiophene rings is 1. The summed E-state index contributed by atoms with van der Waals surface area (Å²) in [5.74, 6) is -0.0780. The highest BCUT2D eigenvalue weighted by Crippen LogP contribution is 2.19. The summed E-state index contributed by atoms with van der Waals surface area (Å²) in [6, 6.07) is 7.93. The number of carbonyl (C=O) groups excluding carboxylic acids is 1. The van der Waals surface area contributed by atoms with E-state index in [-0.39, 0.29) is 23.9 Å². The maximum atomic E-state index is 12.3. The van der Waals surface area contributed by atoms with Crippen LogP contribution in [0.3, 0.4) is 0 Å². The fraction of sp³-hybridized carbons (Fsp3) is 0.316. The van der Waals surface area contributed by atoms with Crippen molar-refractivity contribution in [1.29, 1.82) is 0 Å². The number of hydrogen-bond acceptors (Lipinski definition) is 4. The maximum Gasteiger partial charge on any atom is 0.262 e. The zero-order valence-corrected chi connectivity index (χ0v) is 15.4. The molecule has 0 fully saturated rings. The molecular formula is C19H21N3O2S. The highest BCUT2D eigenvalue weighted by atomic mass is 32.1. The molecule has 0 unspecified atom stereocenters. The van der Waals surface area contributed by atoms with Gasteiger partial charge in [-0.3, -0.25) is 14.2 Å². The molecule has 3 aromatic rings. The lowest BCUT2D eigenvalue weighted by atomic mass is 10.00. The molecule has 0 aliphatic carbocycles. The van der Waals surface area contributed by atoms with Gasteiger partial charge in [-0.15, -0.1) is 11.3 Å². The van der Waals surface area contributed by atoms with Gasteiger partial charge in [0.05, 0.1) is 17.8 Å². The van der Waals surface area contributed by atoms with Crippen LogP contribution in [0.4, 0.5) is 0 Å². The van der Waals surface area contributed by atoms with Gasteiger partial charge in [-0.1, -0.05) is 23.8 Å². The van der Waals surface area contributed by atoms with Gasteiger partial charge in [0.15, 0.2) is 0 Å². The van der Waals surface area contributed by atoms with Crippen LogP contribution in [0.5, 0.6) is 0 Å². The van der Waals surface area contributed by atoms with Gasteiger partial charge in [0.25, 0.3) is 5.56 Å². The molecule has 0 saturated carbocycles. The summed E-state index contributed by atoms with van der Waals surface area (Å²) < 4.78 is 1.50. The van der Waals surface area contributed by atoms with E-state index in [4.69, 9.17) is 0 Å². The first-order valence-corrected chi connectivity index (χ1v) is 9.13. The summed E-state index contributed by atoms with van der Waals surface area (Å²) in [6.07, 6.45) is 1.76. The number of rotatable bonds is 5. The number of nitrogens with zero attached hydrogens (tertiary/aromatic N) is 2. The lowest BCUT2D eigenvalue weighted by molar-refractivity contribution is -0.121. The van der Waals surface area contributed by atoms with Gasteiger partial charge in [0.1, 0.15) is 4.83 Å². The van der Waals surface area contributed by atoms with Crippen molar-refractivity contribution in [3.63, 3.8) is 0 Å². The monoisotopic (exact) mass is 355 g/mol. The second-order valence-corrected chi connectivity index (χ2v) is 7.18. The van der Waals surface area contributed by atoms with E-state index < -0.39 is 0 Å². The van der Waals surface area contributed by atoms with Gasteiger partial charge in [-0.05, 0) is 43.3 Å². The normalized spacial score (nSPS) is 12.3. The van der Waals surface area contributed by atoms with Crippen LogP contribution >= 0.6 is 11.3 Å². The van der Waals surface area contributed by atoms with Gasteiger partial charge in [0.2, 0.25) is 5.91 Å². The molecule has 0 spiro atoms. The summed E-state index contributed by atoms with van der Waals surface area (Å²) in [5.41, 5.74) is 3.35. The molecule has 3 rings (SSSR count). The standard InChI is InChI=1S/C19H21N3O2S/c1-12-4-5-13(2)16(10-12)14(3)21-17(23)6-8-22-11-20-18-15(19(22)24)7-9-25-18/h4-5,7,9-11,14H,6,8H2,1-3H3,(H,21,23)/t14-/m1/s1. The molecule has 5 nitrogen and oxygen atoms in total. The van der Waals surface area contributed by atoms with Gasteiger partial charge in [0, 0.05) is 13.0 Å². The Kier molecular flexibility index (Phi) is 4.99. The lowest BCUT2D eigenvalue weighted by Crippen LogP contribution is -2.29. The molecule has 0 bridgehead atoms. The Morgan fingerprint density at radius 3 is 2.92 bits per heavy atom. The van der Waals surface area contributed by atoms with Crippen LogP contribution in [0.1, 0.15) is 36.1 Å². The average Bonchev–Trinajstić information content (AvgIpc) is 3.06. The molecule has 1 aromatic carbocycles. The largest absolute Gasteiger partial charge is 0.350 e. The third-order valence-electron chi connectivity index (χ3n) is 4.31. The minimum atomic E-state index is -0.0957. The van der Waals surface area contributed by atoms with E-state index in [1.54, 1.807) is 6.07 Å². The molecule has 0 saturated heterocycles. The summed E-state index contributed by atoms with van der Waals surface area (Å²) in [4.78, 5) is 29.6. The minimum Gasteiger partial charge on any atom is -0.350 e. The third kappa shape index (κ3) is 3.79. The first-order chi connectivity index (χ1) is 12.0. The molecule has 1 N–H and O–H groups in total. The Hall–Kier alpha value is -2.47. The highest BCUT2D eigenvalue weighted by molar-refractivity contribution is 7.16. The summed E-state index contributed by atoms with van der Waals surface area (Å²) in [5, 5.41) is 5.47. The number of hydrogen-bond donors (Lipinski definition) is 1. The number of aryl methyl sites for hydroxylation is 3. The molecule has 2 aromatic heterocycles. The van der Waals surface area contributed by atoms with Crippen molar-refractivity contribution in [2.45, 2.75) is 39.8 Å². The van der Waals surface area contributed by atoms with Crippen molar-refractivity contribution in [3.8, 4) is 0 Å². The summed E-state index contributed by atoms with van der Waals surface area (Å²) in [6.45, 7) is 6.38. The van der Waals surface area contributed by atoms with Crippen LogP contribution in [0.25, 0.3) is 10.2 Å². The average molecular weight is 355 g/mol. The van der Waals surface area contributed by atoms with Crippen molar-refractivity contribution in [3.05, 3.63) is 63.0 Å². The predicted octanol–water partition coefficient (Wildman–Crippen LogP) is 3.34. The second kappa shape index (κ2) is 7.19. The summed E-state index contributed by atoms with van der Waals surface area (Å²) in [7, 11) is 0. The third-order valence-corrected chi connectivity index (χ3v) is 5.13. The molecule has 2 heterocycles. The number of nitrogens with one attached hydrogen (secondary N) is 1. The molecular weight excluding hydrogens is 334 g/mol. The van der Waals surface area contributed by atoms with E-state index >= 15 is 0 Å². The van der Waals surface area contributed by atoms with Crippen molar-refractivity contribution in [2.24, 2.45) is 0 Å². The predicted molar refractivity (Wildman–Crippen MR) is 101 cm³/mol. The first-order valence-electron chi connectivity index (χ1n) is 8.25. The molecule has 1 amide bonds. The Morgan fingerprint density at radius 2 is 2.12 bits per heavy atom. The van der Waals surface area contributed by atoms with E-state index in [2.05, 4.69) is 28.5 Å². The van der Waals surface area contributed by atoms with Gasteiger partial charge in [-0.2, -0.15) is 0 Å². The minimum absolute atomic E-state index is 0.0680. The zero-order valence-electron chi connectivity index (χ0n) is 14.6. The van der Waals surface area contributed by atoms with Crippen LogP contribution in [0.2, 0.25) is 0 Å². The molecule has 1 atom stereocenters. The van der Waals surface area contributed by atoms with E-state index in [1.807, 2.05) is 26.2 Å². The Bertz CT molecular complexity index is 974. The number of carbonyl (C=O) groups is 1. The number of amides is 1. The second-order valence-electron chi connectivity index (χ2n) is 6.28. The van der Waals surface area contributed by atoms with Crippen molar-refractivity contribution >= 4 is 27.5 Å². The molecule has 0 aliphatic rings. The van der Waals surface area contributed by atoms with E-state index in [1.165, 1.54) is 27.8 Å². The molecule has 25 heavy (non-hydrogen) atoms. The van der Waals surface area contributed by atoms with E-state index in [0.29, 0.717) is 11.9 Å².